The van der Waals surface area contributed by atoms with Gasteiger partial charge in [-0.3, -0.25) is 4.72 Å². The molecule has 0 unspecified atom stereocenters. The molecule has 0 aliphatic carbocycles. The quantitative estimate of drug-likeness (QED) is 0.767. The maximum atomic E-state index is 11.9. The number of hydrogen-bond donors (Lipinski definition) is 2. The Morgan fingerprint density at radius 2 is 1.83 bits per heavy atom. The first kappa shape index (κ1) is 17.3. The SMILES string of the molecule is CCCCS(=O)(=O)Nc1ccc(N[C@@H](C)c2nnc(C)o2)cc1. The van der Waals surface area contributed by atoms with Gasteiger partial charge in [0, 0.05) is 18.3 Å². The number of sulfonamides is 1. The van der Waals surface area contributed by atoms with Gasteiger partial charge in [0.1, 0.15) is 6.04 Å². The summed E-state index contributed by atoms with van der Waals surface area (Å²) < 4.78 is 31.6. The lowest BCUT2D eigenvalue weighted by Gasteiger charge is -2.12. The predicted molar refractivity (Wildman–Crippen MR) is 89.8 cm³/mol. The number of unbranched alkanes of at least 4 members (excludes halogenated alkanes) is 1. The second-order valence-electron chi connectivity index (χ2n) is 5.38. The number of benzene rings is 1. The lowest BCUT2D eigenvalue weighted by molar-refractivity contribution is 0.451. The van der Waals surface area contributed by atoms with Crippen LogP contribution < -0.4 is 10.0 Å². The van der Waals surface area contributed by atoms with Crippen molar-refractivity contribution in [1.29, 1.82) is 0 Å². The molecule has 126 valence electrons. The summed E-state index contributed by atoms with van der Waals surface area (Å²) in [5.41, 5.74) is 1.39. The molecule has 2 aromatic rings. The van der Waals surface area contributed by atoms with Crippen molar-refractivity contribution in [2.45, 2.75) is 39.7 Å². The summed E-state index contributed by atoms with van der Waals surface area (Å²) in [5.74, 6) is 1.16. The fourth-order valence-electron chi connectivity index (χ4n) is 2.00. The van der Waals surface area contributed by atoms with Crippen LogP contribution in [0.25, 0.3) is 0 Å². The molecule has 2 rings (SSSR count). The first-order chi connectivity index (χ1) is 10.9. The second-order valence-corrected chi connectivity index (χ2v) is 7.22. The average molecular weight is 338 g/mol. The molecule has 0 bridgehead atoms. The van der Waals surface area contributed by atoms with E-state index in [1.165, 1.54) is 0 Å². The summed E-state index contributed by atoms with van der Waals surface area (Å²) in [4.78, 5) is 0. The Labute approximate surface area is 136 Å². The molecule has 0 radical (unpaired) electrons. The summed E-state index contributed by atoms with van der Waals surface area (Å²) in [6, 6.07) is 6.91. The van der Waals surface area contributed by atoms with Gasteiger partial charge in [0.15, 0.2) is 0 Å². The van der Waals surface area contributed by atoms with Crippen molar-refractivity contribution in [3.8, 4) is 0 Å². The van der Waals surface area contributed by atoms with Crippen LogP contribution >= 0.6 is 0 Å². The van der Waals surface area contributed by atoms with Crippen LogP contribution in [0.15, 0.2) is 28.7 Å². The van der Waals surface area contributed by atoms with Crippen molar-refractivity contribution in [2.75, 3.05) is 15.8 Å². The van der Waals surface area contributed by atoms with Gasteiger partial charge in [-0.15, -0.1) is 10.2 Å². The van der Waals surface area contributed by atoms with Crippen LogP contribution in [0.5, 0.6) is 0 Å². The predicted octanol–water partition coefficient (Wildman–Crippen LogP) is 3.09. The third-order valence-corrected chi connectivity index (χ3v) is 4.59. The smallest absolute Gasteiger partial charge is 0.238 e. The van der Waals surface area contributed by atoms with Crippen LogP contribution in [0, 0.1) is 6.92 Å². The van der Waals surface area contributed by atoms with E-state index >= 15 is 0 Å². The van der Waals surface area contributed by atoms with Gasteiger partial charge >= 0.3 is 0 Å². The number of anilines is 2. The number of nitrogens with zero attached hydrogens (tertiary/aromatic N) is 2. The highest BCUT2D eigenvalue weighted by molar-refractivity contribution is 7.92. The number of nitrogens with one attached hydrogen (secondary N) is 2. The summed E-state index contributed by atoms with van der Waals surface area (Å²) in [6.07, 6.45) is 1.49. The van der Waals surface area contributed by atoms with Gasteiger partial charge < -0.3 is 9.73 Å². The molecule has 1 aromatic carbocycles. The van der Waals surface area contributed by atoms with Gasteiger partial charge in [-0.1, -0.05) is 13.3 Å². The van der Waals surface area contributed by atoms with E-state index in [0.29, 0.717) is 23.9 Å². The monoisotopic (exact) mass is 338 g/mol. The van der Waals surface area contributed by atoms with E-state index in [4.69, 9.17) is 4.42 Å². The first-order valence-electron chi connectivity index (χ1n) is 7.56. The van der Waals surface area contributed by atoms with E-state index in [1.54, 1.807) is 31.2 Å². The average Bonchev–Trinajstić information content (AvgIpc) is 2.94. The van der Waals surface area contributed by atoms with E-state index in [2.05, 4.69) is 20.2 Å². The number of aromatic nitrogens is 2. The van der Waals surface area contributed by atoms with Crippen LogP contribution in [0.4, 0.5) is 11.4 Å². The van der Waals surface area contributed by atoms with Gasteiger partial charge in [0.2, 0.25) is 21.8 Å². The standard InChI is InChI=1S/C15H22N4O3S/c1-4-5-10-23(20,21)19-14-8-6-13(7-9-14)16-11(2)15-18-17-12(3)22-15/h6-9,11,16,19H,4-5,10H2,1-3H3/t11-/m0/s1. The molecule has 0 aliphatic heterocycles. The van der Waals surface area contributed by atoms with Gasteiger partial charge in [-0.2, -0.15) is 0 Å². The Balaban J connectivity index is 1.96. The van der Waals surface area contributed by atoms with Crippen LogP contribution in [0.3, 0.4) is 0 Å². The van der Waals surface area contributed by atoms with Crippen molar-refractivity contribution in [2.24, 2.45) is 0 Å². The van der Waals surface area contributed by atoms with Gasteiger partial charge in [-0.05, 0) is 37.6 Å². The van der Waals surface area contributed by atoms with Crippen molar-refractivity contribution in [1.82, 2.24) is 10.2 Å². The molecule has 8 heteroatoms. The van der Waals surface area contributed by atoms with Crippen molar-refractivity contribution < 1.29 is 12.8 Å². The molecular formula is C15H22N4O3S. The lowest BCUT2D eigenvalue weighted by Crippen LogP contribution is -2.16. The van der Waals surface area contributed by atoms with E-state index < -0.39 is 10.0 Å². The Hall–Kier alpha value is -2.09. The van der Waals surface area contributed by atoms with Gasteiger partial charge in [0.05, 0.1) is 5.75 Å². The van der Waals surface area contributed by atoms with Crippen molar-refractivity contribution >= 4 is 21.4 Å². The van der Waals surface area contributed by atoms with E-state index in [0.717, 1.165) is 12.1 Å². The molecule has 7 nitrogen and oxygen atoms in total. The highest BCUT2D eigenvalue weighted by Gasteiger charge is 2.13. The Bertz CT molecular complexity index is 725. The van der Waals surface area contributed by atoms with E-state index in [9.17, 15) is 8.42 Å². The zero-order valence-electron chi connectivity index (χ0n) is 13.5. The molecule has 1 heterocycles. The minimum absolute atomic E-state index is 0.136. The molecule has 1 atom stereocenters. The summed E-state index contributed by atoms with van der Waals surface area (Å²) in [7, 11) is -3.28. The summed E-state index contributed by atoms with van der Waals surface area (Å²) in [6.45, 7) is 5.61. The van der Waals surface area contributed by atoms with Crippen LogP contribution in [-0.4, -0.2) is 24.4 Å². The molecule has 0 saturated heterocycles. The number of aryl methyl sites for hydroxylation is 1. The molecule has 0 saturated carbocycles. The van der Waals surface area contributed by atoms with Gasteiger partial charge in [0.25, 0.3) is 0 Å². The first-order valence-corrected chi connectivity index (χ1v) is 9.22. The fraction of sp³-hybridized carbons (Fsp3) is 0.467. The summed E-state index contributed by atoms with van der Waals surface area (Å²) in [5, 5.41) is 11.0. The highest BCUT2D eigenvalue weighted by Crippen LogP contribution is 2.20. The maximum absolute atomic E-state index is 11.9. The van der Waals surface area contributed by atoms with Crippen LogP contribution in [-0.2, 0) is 10.0 Å². The van der Waals surface area contributed by atoms with E-state index in [-0.39, 0.29) is 11.8 Å². The number of hydrogen-bond acceptors (Lipinski definition) is 6. The molecule has 0 fully saturated rings. The second kappa shape index (κ2) is 7.45. The maximum Gasteiger partial charge on any atom is 0.238 e. The highest BCUT2D eigenvalue weighted by atomic mass is 32.2. The normalized spacial score (nSPS) is 12.8. The largest absolute Gasteiger partial charge is 0.423 e. The molecule has 0 amide bonds. The minimum atomic E-state index is -3.28. The minimum Gasteiger partial charge on any atom is -0.423 e. The molecule has 23 heavy (non-hydrogen) atoms. The van der Waals surface area contributed by atoms with Gasteiger partial charge in [-0.25, -0.2) is 8.42 Å². The summed E-state index contributed by atoms with van der Waals surface area (Å²) >= 11 is 0. The molecule has 2 N–H and O–H groups in total. The van der Waals surface area contributed by atoms with Crippen LogP contribution in [0.2, 0.25) is 0 Å². The molecular weight excluding hydrogens is 316 g/mol. The Kier molecular flexibility index (Phi) is 5.59. The van der Waals surface area contributed by atoms with Crippen molar-refractivity contribution in [3.05, 3.63) is 36.0 Å². The Morgan fingerprint density at radius 1 is 1.17 bits per heavy atom. The molecule has 1 aromatic heterocycles. The van der Waals surface area contributed by atoms with Crippen molar-refractivity contribution in [3.63, 3.8) is 0 Å². The zero-order chi connectivity index (χ0) is 16.9. The Morgan fingerprint density at radius 3 is 2.39 bits per heavy atom. The fourth-order valence-corrected chi connectivity index (χ4v) is 3.26. The number of rotatable bonds is 8. The van der Waals surface area contributed by atoms with Crippen LogP contribution in [0.1, 0.15) is 44.5 Å². The lowest BCUT2D eigenvalue weighted by atomic mass is 10.2. The topological polar surface area (TPSA) is 97.1 Å². The molecule has 0 aliphatic rings. The van der Waals surface area contributed by atoms with E-state index in [1.807, 2.05) is 13.8 Å². The third kappa shape index (κ3) is 5.24. The zero-order valence-corrected chi connectivity index (χ0v) is 14.4. The third-order valence-electron chi connectivity index (χ3n) is 3.22. The molecule has 0 spiro atoms.